The minimum atomic E-state index is -0.400. The summed E-state index contributed by atoms with van der Waals surface area (Å²) < 4.78 is 18.4. The second-order valence-electron chi connectivity index (χ2n) is 6.61. The molecule has 1 atom stereocenters. The van der Waals surface area contributed by atoms with E-state index in [1.54, 1.807) is 12.1 Å². The van der Waals surface area contributed by atoms with Gasteiger partial charge in [-0.25, -0.2) is 4.39 Å². The van der Waals surface area contributed by atoms with Crippen molar-refractivity contribution in [1.82, 2.24) is 15.5 Å². The standard InChI is InChI=1S/C20H23FN4O3S/c21-15-7-5-14(6-8-15)20(27)23-17-9-10-19(25-24-17)29-12-2-4-18(26)22-13-16-3-1-11-28-16/h5-10,16H,1-4,11-13H2,(H,22,26)(H,23,24,27)/t16-/m1/s1. The van der Waals surface area contributed by atoms with Crippen molar-refractivity contribution >= 4 is 29.4 Å². The van der Waals surface area contributed by atoms with E-state index in [2.05, 4.69) is 20.8 Å². The van der Waals surface area contributed by atoms with Gasteiger partial charge < -0.3 is 15.4 Å². The number of aromatic nitrogens is 2. The Morgan fingerprint density at radius 2 is 2.00 bits per heavy atom. The second-order valence-corrected chi connectivity index (χ2v) is 7.72. The summed E-state index contributed by atoms with van der Waals surface area (Å²) in [5.41, 5.74) is 0.337. The number of nitrogens with one attached hydrogen (secondary N) is 2. The smallest absolute Gasteiger partial charge is 0.256 e. The van der Waals surface area contributed by atoms with E-state index in [9.17, 15) is 14.0 Å². The van der Waals surface area contributed by atoms with Gasteiger partial charge in [0.25, 0.3) is 5.91 Å². The van der Waals surface area contributed by atoms with Crippen LogP contribution in [0.4, 0.5) is 10.2 Å². The van der Waals surface area contributed by atoms with Crippen molar-refractivity contribution < 1.29 is 18.7 Å². The molecule has 1 aliphatic heterocycles. The summed E-state index contributed by atoms with van der Waals surface area (Å²) >= 11 is 1.50. The molecule has 29 heavy (non-hydrogen) atoms. The summed E-state index contributed by atoms with van der Waals surface area (Å²) in [6, 6.07) is 8.67. The molecule has 154 valence electrons. The third kappa shape index (κ3) is 7.10. The number of carbonyl (C=O) groups excluding carboxylic acids is 2. The van der Waals surface area contributed by atoms with Crippen LogP contribution in [0.25, 0.3) is 0 Å². The normalized spacial score (nSPS) is 15.8. The number of halogens is 1. The predicted molar refractivity (Wildman–Crippen MR) is 108 cm³/mol. The van der Waals surface area contributed by atoms with Gasteiger partial charge in [0.15, 0.2) is 5.82 Å². The highest BCUT2D eigenvalue weighted by Gasteiger charge is 2.16. The highest BCUT2D eigenvalue weighted by molar-refractivity contribution is 7.99. The summed E-state index contributed by atoms with van der Waals surface area (Å²) in [5, 5.41) is 14.3. The number of hydrogen-bond acceptors (Lipinski definition) is 6. The minimum Gasteiger partial charge on any atom is -0.376 e. The van der Waals surface area contributed by atoms with Crippen LogP contribution in [0, 0.1) is 5.82 Å². The molecule has 0 saturated carbocycles. The van der Waals surface area contributed by atoms with Crippen LogP contribution >= 0.6 is 11.8 Å². The third-order valence-corrected chi connectivity index (χ3v) is 5.34. The van der Waals surface area contributed by atoms with E-state index < -0.39 is 5.82 Å². The monoisotopic (exact) mass is 418 g/mol. The molecule has 7 nitrogen and oxygen atoms in total. The van der Waals surface area contributed by atoms with E-state index in [1.165, 1.54) is 36.0 Å². The lowest BCUT2D eigenvalue weighted by Gasteiger charge is -2.10. The van der Waals surface area contributed by atoms with E-state index in [-0.39, 0.29) is 17.9 Å². The average molecular weight is 418 g/mol. The lowest BCUT2D eigenvalue weighted by Crippen LogP contribution is -2.31. The van der Waals surface area contributed by atoms with E-state index in [0.29, 0.717) is 29.4 Å². The number of thioether (sulfide) groups is 1. The number of anilines is 1. The van der Waals surface area contributed by atoms with Gasteiger partial charge >= 0.3 is 0 Å². The van der Waals surface area contributed by atoms with Crippen LogP contribution in [0.2, 0.25) is 0 Å². The molecule has 1 fully saturated rings. The summed E-state index contributed by atoms with van der Waals surface area (Å²) in [6.07, 6.45) is 3.42. The fraction of sp³-hybridized carbons (Fsp3) is 0.400. The first kappa shape index (κ1) is 21.2. The summed E-state index contributed by atoms with van der Waals surface area (Å²) in [5.74, 6) is 0.309. The molecule has 0 aliphatic carbocycles. The molecular formula is C20H23FN4O3S. The summed E-state index contributed by atoms with van der Waals surface area (Å²) in [4.78, 5) is 23.9. The number of amides is 2. The highest BCUT2D eigenvalue weighted by atomic mass is 32.2. The molecule has 1 saturated heterocycles. The first-order valence-corrected chi connectivity index (χ1v) is 10.5. The molecule has 1 aromatic heterocycles. The van der Waals surface area contributed by atoms with Gasteiger partial charge in [0.2, 0.25) is 5.91 Å². The average Bonchev–Trinajstić information content (AvgIpc) is 3.25. The molecule has 2 N–H and O–H groups in total. The molecule has 1 aliphatic rings. The molecule has 0 unspecified atom stereocenters. The summed E-state index contributed by atoms with van der Waals surface area (Å²) in [6.45, 7) is 1.37. The number of benzene rings is 1. The van der Waals surface area contributed by atoms with Crippen LogP contribution in [-0.4, -0.2) is 47.0 Å². The zero-order valence-corrected chi connectivity index (χ0v) is 16.7. The first-order chi connectivity index (χ1) is 14.1. The van der Waals surface area contributed by atoms with Crippen molar-refractivity contribution in [3.05, 3.63) is 47.8 Å². The fourth-order valence-corrected chi connectivity index (χ4v) is 3.54. The van der Waals surface area contributed by atoms with E-state index in [0.717, 1.165) is 31.6 Å². The maximum Gasteiger partial charge on any atom is 0.256 e. The fourth-order valence-electron chi connectivity index (χ4n) is 2.78. The Balaban J connectivity index is 1.34. The van der Waals surface area contributed by atoms with Crippen LogP contribution in [0.5, 0.6) is 0 Å². The van der Waals surface area contributed by atoms with E-state index in [1.807, 2.05) is 0 Å². The van der Waals surface area contributed by atoms with Gasteiger partial charge in [-0.3, -0.25) is 9.59 Å². The molecule has 0 bridgehead atoms. The van der Waals surface area contributed by atoms with Gasteiger partial charge in [-0.05, 0) is 55.7 Å². The topological polar surface area (TPSA) is 93.2 Å². The van der Waals surface area contributed by atoms with Crippen LogP contribution < -0.4 is 10.6 Å². The molecule has 2 amide bonds. The maximum absolute atomic E-state index is 12.9. The van der Waals surface area contributed by atoms with Crippen molar-refractivity contribution in [1.29, 1.82) is 0 Å². The number of ether oxygens (including phenoxy) is 1. The van der Waals surface area contributed by atoms with E-state index >= 15 is 0 Å². The Morgan fingerprint density at radius 3 is 2.69 bits per heavy atom. The second kappa shape index (κ2) is 10.9. The third-order valence-electron chi connectivity index (χ3n) is 4.34. The molecule has 9 heteroatoms. The molecule has 2 heterocycles. The quantitative estimate of drug-likeness (QED) is 0.480. The minimum absolute atomic E-state index is 0.0334. The van der Waals surface area contributed by atoms with Crippen LogP contribution in [0.15, 0.2) is 41.4 Å². The Kier molecular flexibility index (Phi) is 7.94. The molecule has 1 aromatic carbocycles. The number of hydrogen-bond donors (Lipinski definition) is 2. The van der Waals surface area contributed by atoms with Crippen molar-refractivity contribution in [2.24, 2.45) is 0 Å². The van der Waals surface area contributed by atoms with Gasteiger partial charge in [0.05, 0.1) is 6.10 Å². The number of nitrogens with zero attached hydrogens (tertiary/aromatic N) is 2. The molecule has 0 radical (unpaired) electrons. The zero-order valence-electron chi connectivity index (χ0n) is 15.9. The van der Waals surface area contributed by atoms with Crippen molar-refractivity contribution in [2.45, 2.75) is 36.8 Å². The Hall–Kier alpha value is -2.52. The van der Waals surface area contributed by atoms with Crippen molar-refractivity contribution in [3.8, 4) is 0 Å². The summed E-state index contributed by atoms with van der Waals surface area (Å²) in [7, 11) is 0. The number of rotatable bonds is 9. The Morgan fingerprint density at radius 1 is 1.17 bits per heavy atom. The van der Waals surface area contributed by atoms with Crippen molar-refractivity contribution in [3.63, 3.8) is 0 Å². The van der Waals surface area contributed by atoms with Crippen LogP contribution in [-0.2, 0) is 9.53 Å². The molecular weight excluding hydrogens is 395 g/mol. The molecule has 3 rings (SSSR count). The van der Waals surface area contributed by atoms with Gasteiger partial charge in [0.1, 0.15) is 10.8 Å². The van der Waals surface area contributed by atoms with E-state index in [4.69, 9.17) is 4.74 Å². The van der Waals surface area contributed by atoms with Gasteiger partial charge in [0, 0.05) is 30.9 Å². The maximum atomic E-state index is 12.9. The van der Waals surface area contributed by atoms with Gasteiger partial charge in [-0.1, -0.05) is 0 Å². The zero-order chi connectivity index (χ0) is 20.5. The Labute approximate surface area is 172 Å². The molecule has 0 spiro atoms. The predicted octanol–water partition coefficient (Wildman–Crippen LogP) is 3.04. The van der Waals surface area contributed by atoms with Gasteiger partial charge in [-0.15, -0.1) is 22.0 Å². The highest BCUT2D eigenvalue weighted by Crippen LogP contribution is 2.17. The van der Waals surface area contributed by atoms with Gasteiger partial charge in [-0.2, -0.15) is 0 Å². The lowest BCUT2D eigenvalue weighted by atomic mass is 10.2. The van der Waals surface area contributed by atoms with Crippen molar-refractivity contribution in [2.75, 3.05) is 24.2 Å². The molecule has 2 aromatic rings. The first-order valence-electron chi connectivity index (χ1n) is 9.52. The largest absolute Gasteiger partial charge is 0.376 e. The van der Waals surface area contributed by atoms with Crippen LogP contribution in [0.1, 0.15) is 36.0 Å². The lowest BCUT2D eigenvalue weighted by molar-refractivity contribution is -0.121. The SMILES string of the molecule is O=C(CCCSc1ccc(NC(=O)c2ccc(F)cc2)nn1)NC[C@H]1CCCO1. The number of carbonyl (C=O) groups is 2. The van der Waals surface area contributed by atoms with Crippen LogP contribution in [0.3, 0.4) is 0 Å². The Bertz CT molecular complexity index is 811.